The number of benzene rings is 1. The molecule has 120 valence electrons. The number of nitrogens with zero attached hydrogens (tertiary/aromatic N) is 1. The van der Waals surface area contributed by atoms with Crippen molar-refractivity contribution in [3.8, 4) is 0 Å². The van der Waals surface area contributed by atoms with Crippen molar-refractivity contribution < 1.29 is 10.2 Å². The number of hydrogen-bond acceptors (Lipinski definition) is 4. The minimum Gasteiger partial charge on any atom is -0.395 e. The average Bonchev–Trinajstić information content (AvgIpc) is 2.47. The van der Waals surface area contributed by atoms with Crippen molar-refractivity contribution in [2.75, 3.05) is 39.4 Å². The monoisotopic (exact) mass is 294 g/mol. The van der Waals surface area contributed by atoms with Crippen LogP contribution in [0.1, 0.15) is 26.3 Å². The van der Waals surface area contributed by atoms with E-state index in [1.54, 1.807) is 0 Å². The molecule has 0 fully saturated rings. The highest BCUT2D eigenvalue weighted by Gasteiger charge is 2.29. The number of hydrogen-bond donors (Lipinski definition) is 3. The topological polar surface area (TPSA) is 55.7 Å². The molecule has 0 aliphatic carbocycles. The smallest absolute Gasteiger partial charge is 0.0558 e. The summed E-state index contributed by atoms with van der Waals surface area (Å²) in [6, 6.07) is 10.9. The summed E-state index contributed by atoms with van der Waals surface area (Å²) < 4.78 is 0. The maximum absolute atomic E-state index is 9.21. The van der Waals surface area contributed by atoms with E-state index in [0.29, 0.717) is 19.1 Å². The van der Waals surface area contributed by atoms with E-state index in [1.165, 1.54) is 5.56 Å². The van der Waals surface area contributed by atoms with Crippen LogP contribution in [0.5, 0.6) is 0 Å². The van der Waals surface area contributed by atoms with E-state index in [-0.39, 0.29) is 18.6 Å². The number of nitrogens with one attached hydrogen (secondary N) is 1. The van der Waals surface area contributed by atoms with Crippen LogP contribution in [0.15, 0.2) is 30.3 Å². The first-order valence-electron chi connectivity index (χ1n) is 7.75. The maximum atomic E-state index is 9.21. The second-order valence-corrected chi connectivity index (χ2v) is 6.19. The molecule has 4 heteroatoms. The number of rotatable bonds is 10. The van der Waals surface area contributed by atoms with Crippen LogP contribution in [0.3, 0.4) is 0 Å². The lowest BCUT2D eigenvalue weighted by molar-refractivity contribution is 0.136. The summed E-state index contributed by atoms with van der Waals surface area (Å²) in [6.07, 6.45) is 0. The average molecular weight is 294 g/mol. The molecule has 0 bridgehead atoms. The largest absolute Gasteiger partial charge is 0.395 e. The zero-order valence-electron chi connectivity index (χ0n) is 13.5. The first-order valence-corrected chi connectivity index (χ1v) is 7.75. The zero-order chi connectivity index (χ0) is 15.7. The molecular formula is C17H30N2O2. The molecule has 1 aromatic rings. The van der Waals surface area contributed by atoms with Crippen molar-refractivity contribution in [3.05, 3.63) is 35.9 Å². The molecule has 0 saturated heterocycles. The van der Waals surface area contributed by atoms with Crippen molar-refractivity contribution in [3.63, 3.8) is 0 Å². The molecule has 0 spiro atoms. The van der Waals surface area contributed by atoms with Crippen molar-refractivity contribution in [2.24, 2.45) is 0 Å². The van der Waals surface area contributed by atoms with Gasteiger partial charge in [-0.1, -0.05) is 51.1 Å². The molecule has 0 amide bonds. The van der Waals surface area contributed by atoms with Gasteiger partial charge in [-0.2, -0.15) is 0 Å². The lowest BCUT2D eigenvalue weighted by Gasteiger charge is -2.36. The van der Waals surface area contributed by atoms with E-state index in [0.717, 1.165) is 13.1 Å². The standard InChI is InChI=1S/C17H30N2O2/c1-15(2)18-13-17(3,16-7-5-4-6-8-16)14-19(9-11-20)10-12-21/h4-8,15,18,20-21H,9-14H2,1-3H3. The molecule has 1 unspecified atom stereocenters. The molecule has 1 atom stereocenters. The Labute approximate surface area is 128 Å². The fraction of sp³-hybridized carbons (Fsp3) is 0.647. The van der Waals surface area contributed by atoms with Gasteiger partial charge in [0.25, 0.3) is 0 Å². The van der Waals surface area contributed by atoms with E-state index in [1.807, 2.05) is 6.07 Å². The zero-order valence-corrected chi connectivity index (χ0v) is 13.5. The fourth-order valence-corrected chi connectivity index (χ4v) is 2.57. The van der Waals surface area contributed by atoms with Crippen LogP contribution in [0, 0.1) is 0 Å². The third-order valence-corrected chi connectivity index (χ3v) is 3.78. The lowest BCUT2D eigenvalue weighted by Crippen LogP contribution is -2.48. The number of aliphatic hydroxyl groups is 2. The summed E-state index contributed by atoms with van der Waals surface area (Å²) in [6.45, 7) is 9.59. The van der Waals surface area contributed by atoms with Gasteiger partial charge in [-0.05, 0) is 5.56 Å². The summed E-state index contributed by atoms with van der Waals surface area (Å²) in [4.78, 5) is 2.12. The summed E-state index contributed by atoms with van der Waals surface area (Å²) in [5.41, 5.74) is 1.22. The lowest BCUT2D eigenvalue weighted by atomic mass is 9.81. The maximum Gasteiger partial charge on any atom is 0.0558 e. The molecule has 0 saturated carbocycles. The molecule has 0 aliphatic heterocycles. The summed E-state index contributed by atoms with van der Waals surface area (Å²) in [5.74, 6) is 0. The minimum atomic E-state index is -0.0597. The van der Waals surface area contributed by atoms with E-state index in [4.69, 9.17) is 0 Å². The fourth-order valence-electron chi connectivity index (χ4n) is 2.57. The Kier molecular flexibility index (Phi) is 7.89. The van der Waals surface area contributed by atoms with Crippen LogP contribution in [-0.2, 0) is 5.41 Å². The highest BCUT2D eigenvalue weighted by molar-refractivity contribution is 5.25. The Bertz CT molecular complexity index is 378. The molecular weight excluding hydrogens is 264 g/mol. The molecule has 1 rings (SSSR count). The first kappa shape index (κ1) is 18.1. The predicted molar refractivity (Wildman–Crippen MR) is 87.5 cm³/mol. The Hall–Kier alpha value is -0.940. The SMILES string of the molecule is CC(C)NCC(C)(CN(CCO)CCO)c1ccccc1. The molecule has 0 heterocycles. The molecule has 1 aromatic carbocycles. The van der Waals surface area contributed by atoms with E-state index in [2.05, 4.69) is 55.3 Å². The van der Waals surface area contributed by atoms with Gasteiger partial charge < -0.3 is 15.5 Å². The van der Waals surface area contributed by atoms with Crippen molar-refractivity contribution in [2.45, 2.75) is 32.2 Å². The second kappa shape index (κ2) is 9.15. The molecule has 0 aliphatic rings. The Balaban J connectivity index is 2.89. The van der Waals surface area contributed by atoms with E-state index in [9.17, 15) is 10.2 Å². The van der Waals surface area contributed by atoms with Gasteiger partial charge in [-0.25, -0.2) is 0 Å². The van der Waals surface area contributed by atoms with Crippen molar-refractivity contribution in [1.82, 2.24) is 10.2 Å². The Morgan fingerprint density at radius 1 is 1.10 bits per heavy atom. The van der Waals surface area contributed by atoms with Crippen LogP contribution in [0.2, 0.25) is 0 Å². The summed E-state index contributed by atoms with van der Waals surface area (Å²) >= 11 is 0. The van der Waals surface area contributed by atoms with E-state index >= 15 is 0 Å². The van der Waals surface area contributed by atoms with Crippen molar-refractivity contribution >= 4 is 0 Å². The van der Waals surface area contributed by atoms with Crippen LogP contribution in [0.25, 0.3) is 0 Å². The van der Waals surface area contributed by atoms with Gasteiger partial charge in [0, 0.05) is 37.6 Å². The van der Waals surface area contributed by atoms with Gasteiger partial charge in [-0.3, -0.25) is 4.90 Å². The van der Waals surface area contributed by atoms with Gasteiger partial charge >= 0.3 is 0 Å². The molecule has 21 heavy (non-hydrogen) atoms. The highest BCUT2D eigenvalue weighted by atomic mass is 16.3. The molecule has 0 aromatic heterocycles. The third kappa shape index (κ3) is 6.14. The highest BCUT2D eigenvalue weighted by Crippen LogP contribution is 2.24. The minimum absolute atomic E-state index is 0.0597. The second-order valence-electron chi connectivity index (χ2n) is 6.19. The van der Waals surface area contributed by atoms with Gasteiger partial charge in [0.2, 0.25) is 0 Å². The normalized spacial score (nSPS) is 14.6. The van der Waals surface area contributed by atoms with Crippen LogP contribution < -0.4 is 5.32 Å². The number of aliphatic hydroxyl groups excluding tert-OH is 2. The molecule has 3 N–H and O–H groups in total. The van der Waals surface area contributed by atoms with Crippen LogP contribution >= 0.6 is 0 Å². The molecule has 4 nitrogen and oxygen atoms in total. The first-order chi connectivity index (χ1) is 10.0. The van der Waals surface area contributed by atoms with Gasteiger partial charge in [0.05, 0.1) is 13.2 Å². The predicted octanol–water partition coefficient (Wildman–Crippen LogP) is 1.23. The van der Waals surface area contributed by atoms with E-state index < -0.39 is 0 Å². The molecule has 0 radical (unpaired) electrons. The van der Waals surface area contributed by atoms with Gasteiger partial charge in [0.1, 0.15) is 0 Å². The van der Waals surface area contributed by atoms with Crippen molar-refractivity contribution in [1.29, 1.82) is 0 Å². The third-order valence-electron chi connectivity index (χ3n) is 3.78. The summed E-state index contributed by atoms with van der Waals surface area (Å²) in [7, 11) is 0. The quantitative estimate of drug-likeness (QED) is 0.607. The Morgan fingerprint density at radius 3 is 2.14 bits per heavy atom. The van der Waals surface area contributed by atoms with Gasteiger partial charge in [-0.15, -0.1) is 0 Å². The van der Waals surface area contributed by atoms with Gasteiger partial charge in [0.15, 0.2) is 0 Å². The van der Waals surface area contributed by atoms with Crippen LogP contribution in [0.4, 0.5) is 0 Å². The Morgan fingerprint density at radius 2 is 1.67 bits per heavy atom. The van der Waals surface area contributed by atoms with Crippen LogP contribution in [-0.4, -0.2) is 60.5 Å². The summed E-state index contributed by atoms with van der Waals surface area (Å²) in [5, 5.41) is 21.9.